The molecule has 3 nitrogen and oxygen atoms in total. The van der Waals surface area contributed by atoms with Crippen molar-refractivity contribution in [1.82, 2.24) is 10.3 Å². The summed E-state index contributed by atoms with van der Waals surface area (Å²) in [6.07, 6.45) is 6.58. The van der Waals surface area contributed by atoms with Crippen LogP contribution in [-0.2, 0) is 6.54 Å². The summed E-state index contributed by atoms with van der Waals surface area (Å²) in [4.78, 5) is 5.48. The van der Waals surface area contributed by atoms with E-state index in [0.717, 1.165) is 24.4 Å². The van der Waals surface area contributed by atoms with Crippen molar-refractivity contribution in [2.45, 2.75) is 44.7 Å². The van der Waals surface area contributed by atoms with Crippen LogP contribution in [0.3, 0.4) is 0 Å². The van der Waals surface area contributed by atoms with Crippen LogP contribution in [0, 0.1) is 6.92 Å². The van der Waals surface area contributed by atoms with Gasteiger partial charge in [0.05, 0.1) is 11.6 Å². The molecular formula is C11H18N2OS. The first-order chi connectivity index (χ1) is 7.24. The third kappa shape index (κ3) is 2.56. The summed E-state index contributed by atoms with van der Waals surface area (Å²) in [6, 6.07) is 0. The summed E-state index contributed by atoms with van der Waals surface area (Å²) >= 11 is 1.73. The van der Waals surface area contributed by atoms with E-state index in [4.69, 9.17) is 0 Å². The Kier molecular flexibility index (Phi) is 3.38. The van der Waals surface area contributed by atoms with Gasteiger partial charge in [0.2, 0.25) is 0 Å². The van der Waals surface area contributed by atoms with Crippen molar-refractivity contribution in [2.24, 2.45) is 0 Å². The molecule has 0 saturated heterocycles. The summed E-state index contributed by atoms with van der Waals surface area (Å²) < 4.78 is 0. The highest BCUT2D eigenvalue weighted by atomic mass is 32.1. The quantitative estimate of drug-likeness (QED) is 0.823. The minimum Gasteiger partial charge on any atom is -0.394 e. The molecule has 2 rings (SSSR count). The van der Waals surface area contributed by atoms with Gasteiger partial charge < -0.3 is 10.4 Å². The maximum absolute atomic E-state index is 9.43. The number of aryl methyl sites for hydroxylation is 1. The molecule has 15 heavy (non-hydrogen) atoms. The number of nitrogens with zero attached hydrogens (tertiary/aromatic N) is 1. The normalized spacial score (nSPS) is 19.6. The molecule has 0 radical (unpaired) electrons. The molecule has 0 bridgehead atoms. The highest BCUT2D eigenvalue weighted by Crippen LogP contribution is 2.29. The molecule has 1 aromatic heterocycles. The van der Waals surface area contributed by atoms with Gasteiger partial charge >= 0.3 is 0 Å². The Balaban J connectivity index is 1.91. The van der Waals surface area contributed by atoms with Crippen LogP contribution < -0.4 is 5.32 Å². The van der Waals surface area contributed by atoms with Crippen LogP contribution in [-0.4, -0.2) is 22.2 Å². The molecule has 1 fully saturated rings. The van der Waals surface area contributed by atoms with Crippen molar-refractivity contribution in [3.63, 3.8) is 0 Å². The molecule has 0 aromatic carbocycles. The fourth-order valence-corrected chi connectivity index (χ4v) is 2.94. The molecule has 0 spiro atoms. The summed E-state index contributed by atoms with van der Waals surface area (Å²) in [7, 11) is 0. The Morgan fingerprint density at radius 2 is 2.27 bits per heavy atom. The van der Waals surface area contributed by atoms with E-state index in [1.54, 1.807) is 11.3 Å². The predicted octanol–water partition coefficient (Wildman–Crippen LogP) is 1.85. The first-order valence-electron chi connectivity index (χ1n) is 5.51. The second kappa shape index (κ2) is 4.60. The lowest BCUT2D eigenvalue weighted by Gasteiger charge is -2.27. The molecule has 2 N–H and O–H groups in total. The smallest absolute Gasteiger partial charge is 0.0897 e. The molecule has 1 aliphatic carbocycles. The van der Waals surface area contributed by atoms with Crippen molar-refractivity contribution >= 4 is 11.3 Å². The highest BCUT2D eigenvalue weighted by molar-refractivity contribution is 7.11. The van der Waals surface area contributed by atoms with E-state index in [1.165, 1.54) is 17.7 Å². The van der Waals surface area contributed by atoms with E-state index in [-0.39, 0.29) is 12.1 Å². The number of aromatic nitrogens is 1. The zero-order chi connectivity index (χ0) is 10.7. The lowest BCUT2D eigenvalue weighted by Crippen LogP contribution is -2.45. The number of aliphatic hydroxyl groups is 1. The van der Waals surface area contributed by atoms with E-state index in [2.05, 4.69) is 10.3 Å². The third-order valence-electron chi connectivity index (χ3n) is 3.17. The summed E-state index contributed by atoms with van der Waals surface area (Å²) in [5.74, 6) is 0. The fraction of sp³-hybridized carbons (Fsp3) is 0.727. The molecule has 1 saturated carbocycles. The molecule has 84 valence electrons. The maximum atomic E-state index is 9.43. The molecule has 0 unspecified atom stereocenters. The summed E-state index contributed by atoms with van der Waals surface area (Å²) in [6.45, 7) is 3.11. The van der Waals surface area contributed by atoms with E-state index in [0.29, 0.717) is 0 Å². The highest BCUT2D eigenvalue weighted by Gasteiger charge is 2.32. The van der Waals surface area contributed by atoms with Gasteiger partial charge in [0.15, 0.2) is 0 Å². The van der Waals surface area contributed by atoms with E-state index in [9.17, 15) is 5.11 Å². The zero-order valence-electron chi connectivity index (χ0n) is 9.12. The number of rotatable bonds is 4. The van der Waals surface area contributed by atoms with Gasteiger partial charge in [-0.25, -0.2) is 4.98 Å². The predicted molar refractivity (Wildman–Crippen MR) is 62.0 cm³/mol. The van der Waals surface area contributed by atoms with Gasteiger partial charge in [0, 0.05) is 23.2 Å². The average molecular weight is 226 g/mol. The molecule has 1 aromatic rings. The maximum Gasteiger partial charge on any atom is 0.0897 e. The Hall–Kier alpha value is -0.450. The minimum atomic E-state index is -0.0160. The van der Waals surface area contributed by atoms with Crippen LogP contribution in [0.5, 0.6) is 0 Å². The van der Waals surface area contributed by atoms with Crippen molar-refractivity contribution in [2.75, 3.05) is 6.61 Å². The molecule has 4 heteroatoms. The van der Waals surface area contributed by atoms with E-state index in [1.807, 2.05) is 13.1 Å². The van der Waals surface area contributed by atoms with Crippen LogP contribution in [0.4, 0.5) is 0 Å². The van der Waals surface area contributed by atoms with E-state index >= 15 is 0 Å². The number of thiazole rings is 1. The van der Waals surface area contributed by atoms with Gasteiger partial charge in [-0.15, -0.1) is 11.3 Å². The molecular weight excluding hydrogens is 208 g/mol. The van der Waals surface area contributed by atoms with Gasteiger partial charge in [0.1, 0.15) is 0 Å². The SMILES string of the molecule is Cc1ncc(CNC2(CO)CCCC2)s1. The third-order valence-corrected chi connectivity index (χ3v) is 4.08. The monoisotopic (exact) mass is 226 g/mol. The van der Waals surface area contributed by atoms with Crippen molar-refractivity contribution in [3.05, 3.63) is 16.1 Å². The number of hydrogen-bond acceptors (Lipinski definition) is 4. The number of nitrogens with one attached hydrogen (secondary N) is 1. The first kappa shape index (κ1) is 11.0. The van der Waals surface area contributed by atoms with Gasteiger partial charge in [0.25, 0.3) is 0 Å². The fourth-order valence-electron chi connectivity index (χ4n) is 2.20. The van der Waals surface area contributed by atoms with Gasteiger partial charge in [-0.1, -0.05) is 12.8 Å². The molecule has 1 aliphatic rings. The molecule has 0 amide bonds. The summed E-state index contributed by atoms with van der Waals surface area (Å²) in [5, 5.41) is 14.0. The number of hydrogen-bond donors (Lipinski definition) is 2. The Labute approximate surface area is 94.5 Å². The van der Waals surface area contributed by atoms with Crippen LogP contribution in [0.2, 0.25) is 0 Å². The lowest BCUT2D eigenvalue weighted by molar-refractivity contribution is 0.163. The van der Waals surface area contributed by atoms with Gasteiger partial charge in [-0.2, -0.15) is 0 Å². The topological polar surface area (TPSA) is 45.2 Å². The average Bonchev–Trinajstić information content (AvgIpc) is 2.85. The van der Waals surface area contributed by atoms with E-state index < -0.39 is 0 Å². The van der Waals surface area contributed by atoms with Crippen LogP contribution in [0.15, 0.2) is 6.20 Å². The van der Waals surface area contributed by atoms with Gasteiger partial charge in [-0.3, -0.25) is 0 Å². The van der Waals surface area contributed by atoms with Crippen molar-refractivity contribution in [1.29, 1.82) is 0 Å². The summed E-state index contributed by atoms with van der Waals surface area (Å²) in [5.41, 5.74) is -0.0160. The second-order valence-electron chi connectivity index (χ2n) is 4.34. The minimum absolute atomic E-state index is 0.0160. The molecule has 0 aliphatic heterocycles. The molecule has 1 heterocycles. The lowest BCUT2D eigenvalue weighted by atomic mass is 9.99. The molecule has 0 atom stereocenters. The van der Waals surface area contributed by atoms with Gasteiger partial charge in [-0.05, 0) is 19.8 Å². The van der Waals surface area contributed by atoms with Crippen LogP contribution >= 0.6 is 11.3 Å². The van der Waals surface area contributed by atoms with Crippen LogP contribution in [0.25, 0.3) is 0 Å². The van der Waals surface area contributed by atoms with Crippen molar-refractivity contribution < 1.29 is 5.11 Å². The Morgan fingerprint density at radius 1 is 1.53 bits per heavy atom. The Bertz CT molecular complexity index is 318. The second-order valence-corrected chi connectivity index (χ2v) is 5.66. The number of aliphatic hydroxyl groups excluding tert-OH is 1. The zero-order valence-corrected chi connectivity index (χ0v) is 9.94. The van der Waals surface area contributed by atoms with Crippen LogP contribution in [0.1, 0.15) is 35.6 Å². The van der Waals surface area contributed by atoms with Crippen molar-refractivity contribution in [3.8, 4) is 0 Å². The first-order valence-corrected chi connectivity index (χ1v) is 6.33. The largest absolute Gasteiger partial charge is 0.394 e. The standard InChI is InChI=1S/C11H18N2OS/c1-9-12-6-10(15-9)7-13-11(8-14)4-2-3-5-11/h6,13-14H,2-5,7-8H2,1H3. The Morgan fingerprint density at radius 3 is 2.80 bits per heavy atom.